The predicted molar refractivity (Wildman–Crippen MR) is 106 cm³/mol. The van der Waals surface area contributed by atoms with Crippen molar-refractivity contribution in [2.75, 3.05) is 21.3 Å². The van der Waals surface area contributed by atoms with Crippen LogP contribution in [0.15, 0.2) is 37.1 Å². The molecule has 0 saturated carbocycles. The Bertz CT molecular complexity index is 912. The van der Waals surface area contributed by atoms with Gasteiger partial charge in [0.15, 0.2) is 0 Å². The summed E-state index contributed by atoms with van der Waals surface area (Å²) >= 11 is 0. The van der Waals surface area contributed by atoms with E-state index in [0.29, 0.717) is 6.26 Å². The molecule has 12 heteroatoms. The second-order valence-electron chi connectivity index (χ2n) is 5.48. The van der Waals surface area contributed by atoms with Crippen molar-refractivity contribution in [1.82, 2.24) is 9.97 Å². The van der Waals surface area contributed by atoms with Crippen molar-refractivity contribution >= 4 is 12.2 Å². The number of hydrogen-bond donors (Lipinski definition) is 1. The number of alkyl halides is 6. The van der Waals surface area contributed by atoms with Crippen molar-refractivity contribution < 1.29 is 45.7 Å². The molecule has 0 aromatic carbocycles. The standard InChI is InChI=1S/C10H10F3NO2.C9H8F3NO2.CH4/c1-15-4-3-7-6-14-9(16-2)5-8(7)10(11,12)13;1-15-8-4-7(9(10,11)12)6(2-3-14)5-13-8;/h3-6H,1-2H3;2-5,14H,1H3;1H4/b4-3+;3-2+;. The van der Waals surface area contributed by atoms with Gasteiger partial charge in [-0.3, -0.25) is 0 Å². The van der Waals surface area contributed by atoms with Gasteiger partial charge >= 0.3 is 12.4 Å². The van der Waals surface area contributed by atoms with Crippen LogP contribution in [-0.2, 0) is 17.1 Å². The minimum Gasteiger partial charge on any atom is -0.516 e. The molecule has 0 fully saturated rings. The lowest BCUT2D eigenvalue weighted by Crippen LogP contribution is -2.08. The van der Waals surface area contributed by atoms with Crippen LogP contribution in [0.2, 0.25) is 0 Å². The van der Waals surface area contributed by atoms with Gasteiger partial charge in [0.05, 0.1) is 45.0 Å². The SMILES string of the molecule is C.CO/C=C/c1cnc(OC)cc1C(F)(F)F.COc1cc(C(F)(F)F)c(/C=C/O)cn1. The van der Waals surface area contributed by atoms with Crippen LogP contribution >= 0.6 is 0 Å². The van der Waals surface area contributed by atoms with Gasteiger partial charge in [-0.05, 0) is 12.2 Å². The number of hydrogen-bond acceptors (Lipinski definition) is 6. The highest BCUT2D eigenvalue weighted by Gasteiger charge is 2.34. The molecule has 0 spiro atoms. The third-order valence-corrected chi connectivity index (χ3v) is 3.49. The highest BCUT2D eigenvalue weighted by atomic mass is 19.4. The van der Waals surface area contributed by atoms with E-state index in [2.05, 4.69) is 24.2 Å². The van der Waals surface area contributed by atoms with E-state index in [1.165, 1.54) is 27.4 Å². The van der Waals surface area contributed by atoms with Gasteiger partial charge in [-0.1, -0.05) is 7.43 Å². The number of nitrogens with zero attached hydrogens (tertiary/aromatic N) is 2. The Morgan fingerprint density at radius 1 is 0.781 bits per heavy atom. The van der Waals surface area contributed by atoms with Crippen LogP contribution < -0.4 is 9.47 Å². The van der Waals surface area contributed by atoms with E-state index in [9.17, 15) is 26.3 Å². The molecule has 178 valence electrons. The van der Waals surface area contributed by atoms with E-state index in [1.54, 1.807) is 0 Å². The molecule has 0 bridgehead atoms. The van der Waals surface area contributed by atoms with E-state index < -0.39 is 23.5 Å². The summed E-state index contributed by atoms with van der Waals surface area (Å²) in [5.74, 6) is -0.209. The molecule has 0 saturated heterocycles. The first-order valence-corrected chi connectivity index (χ1v) is 8.20. The lowest BCUT2D eigenvalue weighted by Gasteiger charge is -2.10. The van der Waals surface area contributed by atoms with E-state index in [0.717, 1.165) is 36.9 Å². The van der Waals surface area contributed by atoms with Gasteiger partial charge < -0.3 is 19.3 Å². The van der Waals surface area contributed by atoms with E-state index in [-0.39, 0.29) is 30.3 Å². The third kappa shape index (κ3) is 8.36. The molecule has 2 aromatic rings. The van der Waals surface area contributed by atoms with Gasteiger partial charge in [-0.2, -0.15) is 26.3 Å². The van der Waals surface area contributed by atoms with E-state index in [1.807, 2.05) is 0 Å². The number of pyridine rings is 2. The monoisotopic (exact) mass is 468 g/mol. The first kappa shape index (κ1) is 28.6. The van der Waals surface area contributed by atoms with Crippen molar-refractivity contribution in [3.05, 3.63) is 59.3 Å². The first-order chi connectivity index (χ1) is 14.5. The third-order valence-electron chi connectivity index (χ3n) is 3.49. The Morgan fingerprint density at radius 3 is 1.50 bits per heavy atom. The van der Waals surface area contributed by atoms with Crippen molar-refractivity contribution in [2.45, 2.75) is 19.8 Å². The van der Waals surface area contributed by atoms with Crippen LogP contribution in [0.5, 0.6) is 11.8 Å². The number of ether oxygens (including phenoxy) is 3. The molecule has 0 atom stereocenters. The van der Waals surface area contributed by atoms with Gasteiger partial charge in [-0.15, -0.1) is 0 Å². The number of methoxy groups -OCH3 is 3. The second-order valence-corrected chi connectivity index (χ2v) is 5.48. The van der Waals surface area contributed by atoms with Gasteiger partial charge in [0.25, 0.3) is 0 Å². The number of aliphatic hydroxyl groups excluding tert-OH is 1. The highest BCUT2D eigenvalue weighted by molar-refractivity contribution is 5.54. The van der Waals surface area contributed by atoms with Crippen LogP contribution in [0.25, 0.3) is 12.2 Å². The Balaban J connectivity index is 0.000000584. The molecule has 0 radical (unpaired) electrons. The molecule has 0 aliphatic carbocycles. The topological polar surface area (TPSA) is 73.7 Å². The Morgan fingerprint density at radius 2 is 1.19 bits per heavy atom. The fourth-order valence-corrected chi connectivity index (χ4v) is 2.10. The summed E-state index contributed by atoms with van der Waals surface area (Å²) in [6, 6.07) is 1.62. The molecule has 2 rings (SSSR count). The molecular weight excluding hydrogens is 446 g/mol. The van der Waals surface area contributed by atoms with Gasteiger partial charge in [-0.25, -0.2) is 9.97 Å². The van der Waals surface area contributed by atoms with Crippen molar-refractivity contribution in [3.8, 4) is 11.8 Å². The summed E-state index contributed by atoms with van der Waals surface area (Å²) < 4.78 is 89.2. The Hall–Kier alpha value is -3.44. The molecular formula is C20H22F6N2O4. The van der Waals surface area contributed by atoms with Crippen LogP contribution in [0, 0.1) is 0 Å². The van der Waals surface area contributed by atoms with Crippen molar-refractivity contribution in [3.63, 3.8) is 0 Å². The summed E-state index contributed by atoms with van der Waals surface area (Å²) in [7, 11) is 3.83. The van der Waals surface area contributed by atoms with Crippen molar-refractivity contribution in [2.24, 2.45) is 0 Å². The normalized spacial score (nSPS) is 11.5. The average molecular weight is 468 g/mol. The summed E-state index contributed by atoms with van der Waals surface area (Å²) in [6.07, 6.45) is -3.12. The fourth-order valence-electron chi connectivity index (χ4n) is 2.10. The predicted octanol–water partition coefficient (Wildman–Crippen LogP) is 6.00. The minimum atomic E-state index is -4.51. The van der Waals surface area contributed by atoms with Gasteiger partial charge in [0.1, 0.15) is 0 Å². The molecule has 0 aliphatic rings. The second kappa shape index (κ2) is 12.4. The summed E-state index contributed by atoms with van der Waals surface area (Å²) in [4.78, 5) is 7.30. The zero-order valence-electron chi connectivity index (χ0n) is 16.5. The maximum atomic E-state index is 12.6. The molecule has 2 heterocycles. The number of aromatic nitrogens is 2. The fraction of sp³-hybridized carbons (Fsp3) is 0.300. The van der Waals surface area contributed by atoms with Crippen LogP contribution in [0.4, 0.5) is 26.3 Å². The van der Waals surface area contributed by atoms with Crippen molar-refractivity contribution in [1.29, 1.82) is 0 Å². The lowest BCUT2D eigenvalue weighted by atomic mass is 10.1. The molecule has 1 N–H and O–H groups in total. The number of rotatable bonds is 5. The molecule has 32 heavy (non-hydrogen) atoms. The zero-order valence-corrected chi connectivity index (χ0v) is 16.5. The Kier molecular flexibility index (Phi) is 11.1. The van der Waals surface area contributed by atoms with E-state index in [4.69, 9.17) is 5.11 Å². The quantitative estimate of drug-likeness (QED) is 0.429. The molecule has 2 aromatic heterocycles. The number of halogens is 6. The zero-order chi connectivity index (χ0) is 23.7. The minimum absolute atomic E-state index is 0. The molecule has 0 aliphatic heterocycles. The maximum absolute atomic E-state index is 12.6. The largest absolute Gasteiger partial charge is 0.516 e. The summed E-state index contributed by atoms with van der Waals surface area (Å²) in [5.41, 5.74) is -2.01. The Labute approximate surface area is 180 Å². The van der Waals surface area contributed by atoms with Crippen LogP contribution in [0.3, 0.4) is 0 Å². The molecule has 0 unspecified atom stereocenters. The lowest BCUT2D eigenvalue weighted by molar-refractivity contribution is -0.138. The highest BCUT2D eigenvalue weighted by Crippen LogP contribution is 2.35. The summed E-state index contributed by atoms with van der Waals surface area (Å²) in [6.45, 7) is 0. The van der Waals surface area contributed by atoms with Crippen LogP contribution in [-0.4, -0.2) is 36.4 Å². The maximum Gasteiger partial charge on any atom is 0.417 e. The average Bonchev–Trinajstić information content (AvgIpc) is 2.71. The van der Waals surface area contributed by atoms with E-state index >= 15 is 0 Å². The summed E-state index contributed by atoms with van der Waals surface area (Å²) in [5, 5.41) is 8.43. The van der Waals surface area contributed by atoms with Crippen LogP contribution in [0.1, 0.15) is 29.7 Å². The van der Waals surface area contributed by atoms with Gasteiger partial charge in [0, 0.05) is 35.7 Å². The van der Waals surface area contributed by atoms with Gasteiger partial charge in [0.2, 0.25) is 11.8 Å². The smallest absolute Gasteiger partial charge is 0.417 e. The first-order valence-electron chi connectivity index (χ1n) is 8.20. The number of aliphatic hydroxyl groups is 1. The molecule has 6 nitrogen and oxygen atoms in total. The molecule has 0 amide bonds.